The van der Waals surface area contributed by atoms with Crippen molar-refractivity contribution in [1.82, 2.24) is 4.57 Å². The van der Waals surface area contributed by atoms with E-state index >= 15 is 0 Å². The molecule has 0 saturated heterocycles. The average Bonchev–Trinajstić information content (AvgIpc) is 2.63. The van der Waals surface area contributed by atoms with Crippen LogP contribution in [0.15, 0.2) is 36.5 Å². The van der Waals surface area contributed by atoms with E-state index in [-0.39, 0.29) is 5.78 Å². The third-order valence-corrected chi connectivity index (χ3v) is 2.83. The molecule has 1 heterocycles. The highest BCUT2D eigenvalue weighted by atomic mass is 35.5. The number of carbonyl (C=O) groups excluding carboxylic acids is 1. The van der Waals surface area contributed by atoms with E-state index in [9.17, 15) is 9.59 Å². The van der Waals surface area contributed by atoms with Crippen LogP contribution in [-0.2, 0) is 11.8 Å². The van der Waals surface area contributed by atoms with Crippen LogP contribution in [-0.4, -0.2) is 21.4 Å². The molecule has 2 rings (SSSR count). The van der Waals surface area contributed by atoms with Crippen molar-refractivity contribution < 1.29 is 14.7 Å². The molecule has 0 unspecified atom stereocenters. The van der Waals surface area contributed by atoms with Crippen molar-refractivity contribution in [3.8, 4) is 0 Å². The zero-order valence-corrected chi connectivity index (χ0v) is 10.3. The second kappa shape index (κ2) is 4.66. The van der Waals surface area contributed by atoms with Crippen LogP contribution in [0.5, 0.6) is 0 Å². The average molecular weight is 264 g/mol. The van der Waals surface area contributed by atoms with Crippen molar-refractivity contribution in [2.45, 2.75) is 0 Å². The van der Waals surface area contributed by atoms with Gasteiger partial charge in [0.25, 0.3) is 0 Å². The van der Waals surface area contributed by atoms with Gasteiger partial charge in [-0.05, 0) is 18.2 Å². The van der Waals surface area contributed by atoms with Crippen LogP contribution < -0.4 is 0 Å². The van der Waals surface area contributed by atoms with Crippen molar-refractivity contribution in [2.24, 2.45) is 7.05 Å². The number of halogens is 1. The topological polar surface area (TPSA) is 59.3 Å². The number of hydrogen-bond acceptors (Lipinski definition) is 2. The summed E-state index contributed by atoms with van der Waals surface area (Å²) in [5.41, 5.74) is 1.29. The van der Waals surface area contributed by atoms with Gasteiger partial charge in [0.1, 0.15) is 0 Å². The van der Waals surface area contributed by atoms with Crippen molar-refractivity contribution >= 4 is 34.3 Å². The standard InChI is InChI=1S/C13H10ClNO3/c1-15-7-10(12(16)4-5-13(17)18)9-3-2-8(14)6-11(9)15/h2-7H,1H3,(H,17,18)/b5-4+. The summed E-state index contributed by atoms with van der Waals surface area (Å²) < 4.78 is 1.78. The van der Waals surface area contributed by atoms with Gasteiger partial charge in [0.2, 0.25) is 0 Å². The van der Waals surface area contributed by atoms with Gasteiger partial charge < -0.3 is 9.67 Å². The first-order chi connectivity index (χ1) is 8.49. The van der Waals surface area contributed by atoms with Crippen LogP contribution in [0, 0.1) is 0 Å². The Bertz CT molecular complexity index is 670. The van der Waals surface area contributed by atoms with Crippen molar-refractivity contribution in [1.29, 1.82) is 0 Å². The number of allylic oxidation sites excluding steroid dienone is 1. The second-order valence-electron chi connectivity index (χ2n) is 3.85. The maximum Gasteiger partial charge on any atom is 0.328 e. The van der Waals surface area contributed by atoms with Crippen molar-refractivity contribution in [3.05, 3.63) is 47.1 Å². The summed E-state index contributed by atoms with van der Waals surface area (Å²) in [5.74, 6) is -1.49. The Labute approximate surface area is 108 Å². The fraction of sp³-hybridized carbons (Fsp3) is 0.0769. The number of nitrogens with zero attached hydrogens (tertiary/aromatic N) is 1. The molecule has 0 aliphatic carbocycles. The Balaban J connectivity index is 2.52. The summed E-state index contributed by atoms with van der Waals surface area (Å²) in [6, 6.07) is 5.20. The molecule has 1 N–H and O–H groups in total. The fourth-order valence-electron chi connectivity index (χ4n) is 1.79. The lowest BCUT2D eigenvalue weighted by atomic mass is 10.1. The minimum absolute atomic E-state index is 0.342. The molecular formula is C13H10ClNO3. The van der Waals surface area contributed by atoms with Crippen LogP contribution in [0.2, 0.25) is 5.02 Å². The van der Waals surface area contributed by atoms with Gasteiger partial charge in [-0.3, -0.25) is 4.79 Å². The summed E-state index contributed by atoms with van der Waals surface area (Å²) in [6.07, 6.45) is 3.54. The number of carboxylic acid groups (broad SMARTS) is 1. The molecular weight excluding hydrogens is 254 g/mol. The Morgan fingerprint density at radius 2 is 2.06 bits per heavy atom. The first kappa shape index (κ1) is 12.4. The summed E-state index contributed by atoms with van der Waals surface area (Å²) in [5, 5.41) is 9.84. The van der Waals surface area contributed by atoms with Crippen LogP contribution in [0.1, 0.15) is 10.4 Å². The quantitative estimate of drug-likeness (QED) is 0.684. The molecule has 18 heavy (non-hydrogen) atoms. The van der Waals surface area contributed by atoms with Gasteiger partial charge in [-0.1, -0.05) is 17.7 Å². The number of aromatic nitrogens is 1. The third kappa shape index (κ3) is 2.28. The largest absolute Gasteiger partial charge is 0.478 e. The monoisotopic (exact) mass is 263 g/mol. The van der Waals surface area contributed by atoms with E-state index in [0.717, 1.165) is 23.1 Å². The summed E-state index contributed by atoms with van der Waals surface area (Å²) in [6.45, 7) is 0. The first-order valence-corrected chi connectivity index (χ1v) is 5.57. The molecule has 0 fully saturated rings. The molecule has 0 amide bonds. The van der Waals surface area contributed by atoms with Gasteiger partial charge in [-0.15, -0.1) is 0 Å². The number of aryl methyl sites for hydroxylation is 1. The summed E-state index contributed by atoms with van der Waals surface area (Å²) in [4.78, 5) is 22.3. The van der Waals surface area contributed by atoms with E-state index in [2.05, 4.69) is 0 Å². The van der Waals surface area contributed by atoms with E-state index in [1.54, 1.807) is 36.0 Å². The SMILES string of the molecule is Cn1cc(C(=O)/C=C/C(=O)O)c2ccc(Cl)cc21. The van der Waals surface area contributed by atoms with Crippen LogP contribution in [0.25, 0.3) is 10.9 Å². The van der Waals surface area contributed by atoms with Gasteiger partial charge in [0, 0.05) is 40.8 Å². The molecule has 1 aromatic carbocycles. The van der Waals surface area contributed by atoms with E-state index in [1.165, 1.54) is 0 Å². The molecule has 0 bridgehead atoms. The molecule has 0 saturated carbocycles. The lowest BCUT2D eigenvalue weighted by Crippen LogP contribution is -1.95. The minimum atomic E-state index is -1.15. The number of carbonyl (C=O) groups is 2. The van der Waals surface area contributed by atoms with Crippen LogP contribution in [0.4, 0.5) is 0 Å². The van der Waals surface area contributed by atoms with Gasteiger partial charge >= 0.3 is 5.97 Å². The van der Waals surface area contributed by atoms with Crippen molar-refractivity contribution in [2.75, 3.05) is 0 Å². The molecule has 0 atom stereocenters. The lowest BCUT2D eigenvalue weighted by molar-refractivity contribution is -0.131. The van der Waals surface area contributed by atoms with Crippen molar-refractivity contribution in [3.63, 3.8) is 0 Å². The molecule has 4 nitrogen and oxygen atoms in total. The molecule has 1 aromatic heterocycles. The van der Waals surface area contributed by atoms with Gasteiger partial charge in [-0.2, -0.15) is 0 Å². The number of benzene rings is 1. The molecule has 0 radical (unpaired) electrons. The maximum atomic E-state index is 11.9. The maximum absolute atomic E-state index is 11.9. The van der Waals surface area contributed by atoms with Crippen LogP contribution in [0.3, 0.4) is 0 Å². The molecule has 0 aliphatic rings. The van der Waals surface area contributed by atoms with E-state index in [0.29, 0.717) is 10.6 Å². The number of aliphatic carboxylic acids is 1. The number of carboxylic acids is 1. The highest BCUT2D eigenvalue weighted by Gasteiger charge is 2.12. The second-order valence-corrected chi connectivity index (χ2v) is 4.29. The highest BCUT2D eigenvalue weighted by Crippen LogP contribution is 2.24. The minimum Gasteiger partial charge on any atom is -0.478 e. The molecule has 92 valence electrons. The normalized spacial score (nSPS) is 11.2. The number of rotatable bonds is 3. The number of hydrogen-bond donors (Lipinski definition) is 1. The van der Waals surface area contributed by atoms with E-state index in [4.69, 9.17) is 16.7 Å². The Morgan fingerprint density at radius 1 is 1.33 bits per heavy atom. The van der Waals surface area contributed by atoms with Gasteiger partial charge in [0.05, 0.1) is 0 Å². The molecule has 0 spiro atoms. The molecule has 5 heteroatoms. The fourth-order valence-corrected chi connectivity index (χ4v) is 1.96. The van der Waals surface area contributed by atoms with Gasteiger partial charge in [0.15, 0.2) is 5.78 Å². The Hall–Kier alpha value is -2.07. The van der Waals surface area contributed by atoms with Crippen LogP contribution >= 0.6 is 11.6 Å². The summed E-state index contributed by atoms with van der Waals surface area (Å²) >= 11 is 5.89. The molecule has 0 aliphatic heterocycles. The predicted molar refractivity (Wildman–Crippen MR) is 69.0 cm³/mol. The summed E-state index contributed by atoms with van der Waals surface area (Å²) in [7, 11) is 1.80. The number of ketones is 1. The Kier molecular flexibility index (Phi) is 3.21. The zero-order chi connectivity index (χ0) is 13.3. The predicted octanol–water partition coefficient (Wildman–Crippen LogP) is 2.66. The highest BCUT2D eigenvalue weighted by molar-refractivity contribution is 6.31. The third-order valence-electron chi connectivity index (χ3n) is 2.60. The first-order valence-electron chi connectivity index (χ1n) is 5.19. The van der Waals surface area contributed by atoms with Gasteiger partial charge in [-0.25, -0.2) is 4.79 Å². The lowest BCUT2D eigenvalue weighted by Gasteiger charge is -1.96. The molecule has 2 aromatic rings. The zero-order valence-electron chi connectivity index (χ0n) is 9.55. The van der Waals surface area contributed by atoms with E-state index < -0.39 is 5.97 Å². The van der Waals surface area contributed by atoms with E-state index in [1.807, 2.05) is 0 Å². The number of fused-ring (bicyclic) bond motifs is 1. The Morgan fingerprint density at radius 3 is 2.72 bits per heavy atom. The smallest absolute Gasteiger partial charge is 0.328 e.